The van der Waals surface area contributed by atoms with Crippen LogP contribution in [0.1, 0.15) is 22.5 Å². The number of hydrogen-bond donors (Lipinski definition) is 1. The molecule has 0 bridgehead atoms. The Balaban J connectivity index is 1.92. The Morgan fingerprint density at radius 2 is 2.16 bits per heavy atom. The standard InChI is InChI=1S/C13H13N3O3/c1-8-2-3-11-14-9(7-15(11)6-8)12(17)16-5-4-10(16)13(18)19/h2-3,6-7,10H,4-5H2,1H3,(H,18,19)/t10-/m0/s1. The Morgan fingerprint density at radius 1 is 1.37 bits per heavy atom. The van der Waals surface area contributed by atoms with Crippen LogP contribution in [0.3, 0.4) is 0 Å². The molecule has 2 aromatic heterocycles. The van der Waals surface area contributed by atoms with E-state index in [1.807, 2.05) is 25.3 Å². The lowest BCUT2D eigenvalue weighted by Crippen LogP contribution is -2.55. The number of hydrogen-bond acceptors (Lipinski definition) is 3. The zero-order chi connectivity index (χ0) is 13.6. The molecule has 3 rings (SSSR count). The van der Waals surface area contributed by atoms with Crippen molar-refractivity contribution in [3.63, 3.8) is 0 Å². The molecule has 6 nitrogen and oxygen atoms in total. The van der Waals surface area contributed by atoms with Gasteiger partial charge in [0.05, 0.1) is 0 Å². The first-order chi connectivity index (χ1) is 9.06. The van der Waals surface area contributed by atoms with Crippen LogP contribution in [0, 0.1) is 6.92 Å². The van der Waals surface area contributed by atoms with Crippen molar-refractivity contribution >= 4 is 17.5 Å². The molecule has 19 heavy (non-hydrogen) atoms. The van der Waals surface area contributed by atoms with E-state index in [1.54, 1.807) is 10.6 Å². The van der Waals surface area contributed by atoms with Crippen LogP contribution in [-0.2, 0) is 4.79 Å². The summed E-state index contributed by atoms with van der Waals surface area (Å²) in [5.74, 6) is -1.28. The van der Waals surface area contributed by atoms with E-state index < -0.39 is 12.0 Å². The molecule has 3 heterocycles. The number of carboxylic acid groups (broad SMARTS) is 1. The summed E-state index contributed by atoms with van der Waals surface area (Å²) in [5, 5.41) is 8.96. The quantitative estimate of drug-likeness (QED) is 0.871. The second-order valence-corrected chi connectivity index (χ2v) is 4.74. The maximum Gasteiger partial charge on any atom is 0.326 e. The third-order valence-corrected chi connectivity index (χ3v) is 3.38. The Labute approximate surface area is 109 Å². The van der Waals surface area contributed by atoms with Crippen LogP contribution >= 0.6 is 0 Å². The fourth-order valence-corrected chi connectivity index (χ4v) is 2.24. The molecule has 1 atom stereocenters. The number of pyridine rings is 1. The number of aryl methyl sites for hydroxylation is 1. The van der Waals surface area contributed by atoms with Gasteiger partial charge in [0.15, 0.2) is 0 Å². The molecule has 1 N–H and O–H groups in total. The molecule has 0 spiro atoms. The van der Waals surface area contributed by atoms with Gasteiger partial charge in [-0.25, -0.2) is 9.78 Å². The summed E-state index contributed by atoms with van der Waals surface area (Å²) in [6.07, 6.45) is 4.03. The highest BCUT2D eigenvalue weighted by atomic mass is 16.4. The lowest BCUT2D eigenvalue weighted by atomic mass is 10.0. The topological polar surface area (TPSA) is 74.9 Å². The zero-order valence-electron chi connectivity index (χ0n) is 10.4. The molecule has 0 saturated carbocycles. The van der Waals surface area contributed by atoms with Crippen LogP contribution in [0.2, 0.25) is 0 Å². The maximum absolute atomic E-state index is 12.2. The van der Waals surface area contributed by atoms with Crippen molar-refractivity contribution < 1.29 is 14.7 Å². The number of imidazole rings is 1. The van der Waals surface area contributed by atoms with Crippen LogP contribution in [-0.4, -0.2) is 43.9 Å². The van der Waals surface area contributed by atoms with Crippen molar-refractivity contribution in [1.82, 2.24) is 14.3 Å². The van der Waals surface area contributed by atoms with E-state index in [9.17, 15) is 9.59 Å². The number of fused-ring (bicyclic) bond motifs is 1. The molecule has 98 valence electrons. The smallest absolute Gasteiger partial charge is 0.326 e. The summed E-state index contributed by atoms with van der Waals surface area (Å²) in [6.45, 7) is 2.43. The maximum atomic E-state index is 12.2. The predicted molar refractivity (Wildman–Crippen MR) is 67.0 cm³/mol. The number of carbonyl (C=O) groups excluding carboxylic acids is 1. The number of carbonyl (C=O) groups is 2. The monoisotopic (exact) mass is 259 g/mol. The highest BCUT2D eigenvalue weighted by molar-refractivity contribution is 5.96. The molecule has 1 aliphatic heterocycles. The lowest BCUT2D eigenvalue weighted by Gasteiger charge is -2.37. The van der Waals surface area contributed by atoms with Gasteiger partial charge in [0.2, 0.25) is 0 Å². The Morgan fingerprint density at radius 3 is 2.79 bits per heavy atom. The average Bonchev–Trinajstić information content (AvgIpc) is 2.69. The second kappa shape index (κ2) is 4.08. The summed E-state index contributed by atoms with van der Waals surface area (Å²) in [6, 6.07) is 3.04. The SMILES string of the molecule is Cc1ccc2nc(C(=O)N3CC[C@H]3C(=O)O)cn2c1. The van der Waals surface area contributed by atoms with Gasteiger partial charge < -0.3 is 14.4 Å². The van der Waals surface area contributed by atoms with Gasteiger partial charge in [0.25, 0.3) is 5.91 Å². The van der Waals surface area contributed by atoms with Crippen LogP contribution in [0.4, 0.5) is 0 Å². The largest absolute Gasteiger partial charge is 0.480 e. The van der Waals surface area contributed by atoms with E-state index in [4.69, 9.17) is 5.11 Å². The fraction of sp³-hybridized carbons (Fsp3) is 0.308. The van der Waals surface area contributed by atoms with Gasteiger partial charge in [-0.2, -0.15) is 0 Å². The molecule has 1 aliphatic rings. The Kier molecular flexibility index (Phi) is 2.51. The van der Waals surface area contributed by atoms with Crippen molar-refractivity contribution in [3.8, 4) is 0 Å². The molecule has 0 radical (unpaired) electrons. The van der Waals surface area contributed by atoms with Crippen LogP contribution in [0.15, 0.2) is 24.5 Å². The average molecular weight is 259 g/mol. The van der Waals surface area contributed by atoms with E-state index in [2.05, 4.69) is 4.98 Å². The van der Waals surface area contributed by atoms with Crippen molar-refractivity contribution in [2.45, 2.75) is 19.4 Å². The van der Waals surface area contributed by atoms with Gasteiger partial charge in [-0.3, -0.25) is 4.79 Å². The summed E-state index contributed by atoms with van der Waals surface area (Å²) in [4.78, 5) is 28.7. The van der Waals surface area contributed by atoms with Gasteiger partial charge in [0, 0.05) is 18.9 Å². The first kappa shape index (κ1) is 11.7. The van der Waals surface area contributed by atoms with E-state index >= 15 is 0 Å². The van der Waals surface area contributed by atoms with Gasteiger partial charge in [0.1, 0.15) is 17.4 Å². The molecular weight excluding hydrogens is 246 g/mol. The minimum Gasteiger partial charge on any atom is -0.480 e. The zero-order valence-corrected chi connectivity index (χ0v) is 10.4. The van der Waals surface area contributed by atoms with Crippen molar-refractivity contribution in [3.05, 3.63) is 35.8 Å². The third-order valence-electron chi connectivity index (χ3n) is 3.38. The first-order valence-corrected chi connectivity index (χ1v) is 6.05. The summed E-state index contributed by atoms with van der Waals surface area (Å²) in [5.41, 5.74) is 2.04. The molecule has 6 heteroatoms. The number of carboxylic acids is 1. The lowest BCUT2D eigenvalue weighted by molar-refractivity contribution is -0.146. The summed E-state index contributed by atoms with van der Waals surface area (Å²) >= 11 is 0. The number of rotatable bonds is 2. The Hall–Kier alpha value is -2.37. The number of aromatic nitrogens is 2. The predicted octanol–water partition coefficient (Wildman–Crippen LogP) is 0.942. The van der Waals surface area contributed by atoms with Crippen molar-refractivity contribution in [2.75, 3.05) is 6.54 Å². The van der Waals surface area contributed by atoms with Crippen LogP contribution in [0.5, 0.6) is 0 Å². The second-order valence-electron chi connectivity index (χ2n) is 4.74. The summed E-state index contributed by atoms with van der Waals surface area (Å²) in [7, 11) is 0. The third kappa shape index (κ3) is 1.85. The van der Waals surface area contributed by atoms with Crippen molar-refractivity contribution in [2.24, 2.45) is 0 Å². The molecule has 1 amide bonds. The van der Waals surface area contributed by atoms with Gasteiger partial charge >= 0.3 is 5.97 Å². The van der Waals surface area contributed by atoms with E-state index in [0.29, 0.717) is 18.6 Å². The molecule has 0 aliphatic carbocycles. The Bertz CT molecular complexity index is 677. The molecule has 0 aromatic carbocycles. The minimum absolute atomic E-state index is 0.288. The molecule has 1 saturated heterocycles. The number of amides is 1. The molecule has 2 aromatic rings. The molecular formula is C13H13N3O3. The number of aliphatic carboxylic acids is 1. The van der Waals surface area contributed by atoms with E-state index in [1.165, 1.54) is 4.90 Å². The van der Waals surface area contributed by atoms with Gasteiger partial charge in [-0.1, -0.05) is 6.07 Å². The number of nitrogens with zero attached hydrogens (tertiary/aromatic N) is 3. The molecule has 0 unspecified atom stereocenters. The van der Waals surface area contributed by atoms with E-state index in [0.717, 1.165) is 5.56 Å². The normalized spacial score (nSPS) is 18.4. The van der Waals surface area contributed by atoms with Gasteiger partial charge in [-0.05, 0) is 25.0 Å². The summed E-state index contributed by atoms with van der Waals surface area (Å²) < 4.78 is 1.78. The highest BCUT2D eigenvalue weighted by Crippen LogP contribution is 2.20. The minimum atomic E-state index is -0.959. The highest BCUT2D eigenvalue weighted by Gasteiger charge is 2.38. The van der Waals surface area contributed by atoms with Crippen LogP contribution in [0.25, 0.3) is 5.65 Å². The van der Waals surface area contributed by atoms with Crippen molar-refractivity contribution in [1.29, 1.82) is 0 Å². The van der Waals surface area contributed by atoms with E-state index in [-0.39, 0.29) is 11.6 Å². The first-order valence-electron chi connectivity index (χ1n) is 6.05. The van der Waals surface area contributed by atoms with Crippen LogP contribution < -0.4 is 0 Å². The molecule has 1 fully saturated rings. The fourth-order valence-electron chi connectivity index (χ4n) is 2.24. The number of likely N-dealkylation sites (tertiary alicyclic amines) is 1. The van der Waals surface area contributed by atoms with Gasteiger partial charge in [-0.15, -0.1) is 0 Å².